The van der Waals surface area contributed by atoms with Crippen molar-refractivity contribution in [3.63, 3.8) is 0 Å². The number of carbonyl (C=O) groups excluding carboxylic acids is 2. The SMILES string of the molecule is O=C1[C@@H]2[C@@H](C(=O)N1c1ccc(F)cc1)[C@H]1C=C[C@@H]2CC1. The number of benzene rings is 1. The van der Waals surface area contributed by atoms with Gasteiger partial charge in [0.2, 0.25) is 11.8 Å². The molecule has 3 aliphatic carbocycles. The molecule has 0 unspecified atom stereocenters. The van der Waals surface area contributed by atoms with Gasteiger partial charge in [0.15, 0.2) is 0 Å². The summed E-state index contributed by atoms with van der Waals surface area (Å²) in [5.74, 6) is -0.658. The van der Waals surface area contributed by atoms with Gasteiger partial charge >= 0.3 is 0 Å². The van der Waals surface area contributed by atoms with Gasteiger partial charge in [0.1, 0.15) is 5.82 Å². The van der Waals surface area contributed by atoms with Crippen molar-refractivity contribution in [2.45, 2.75) is 12.8 Å². The Hall–Kier alpha value is -1.97. The molecule has 1 aromatic rings. The number of hydrogen-bond acceptors (Lipinski definition) is 2. The standard InChI is InChI=1S/C16H14FNO2/c17-11-5-7-12(8-6-11)18-15(19)13-9-1-2-10(4-3-9)14(13)16(18)20/h1-2,5-10,13-14H,3-4H2/t9-,10+,13-,14-/m0/s1. The summed E-state index contributed by atoms with van der Waals surface area (Å²) in [5, 5.41) is 0. The van der Waals surface area contributed by atoms with Crippen LogP contribution in [0, 0.1) is 29.5 Å². The molecule has 5 rings (SSSR count). The molecule has 1 heterocycles. The molecule has 2 amide bonds. The zero-order valence-electron chi connectivity index (χ0n) is 10.8. The van der Waals surface area contributed by atoms with E-state index in [0.717, 1.165) is 12.8 Å². The average Bonchev–Trinajstić information content (AvgIpc) is 2.76. The molecule has 20 heavy (non-hydrogen) atoms. The summed E-state index contributed by atoms with van der Waals surface area (Å²) in [4.78, 5) is 26.5. The Morgan fingerprint density at radius 3 is 1.85 bits per heavy atom. The number of allylic oxidation sites excluding steroid dienone is 2. The van der Waals surface area contributed by atoms with Crippen LogP contribution in [-0.4, -0.2) is 11.8 Å². The maximum Gasteiger partial charge on any atom is 0.238 e. The molecule has 2 fully saturated rings. The van der Waals surface area contributed by atoms with Gasteiger partial charge in [-0.1, -0.05) is 12.2 Å². The molecule has 4 atom stereocenters. The first-order chi connectivity index (χ1) is 9.66. The number of fused-ring (bicyclic) bond motifs is 1. The number of halogens is 1. The van der Waals surface area contributed by atoms with Crippen LogP contribution in [0.25, 0.3) is 0 Å². The van der Waals surface area contributed by atoms with E-state index < -0.39 is 0 Å². The molecular weight excluding hydrogens is 257 g/mol. The second kappa shape index (κ2) is 4.01. The third-order valence-electron chi connectivity index (χ3n) is 4.84. The minimum atomic E-state index is -0.369. The van der Waals surface area contributed by atoms with Crippen molar-refractivity contribution in [1.29, 1.82) is 0 Å². The lowest BCUT2D eigenvalue weighted by Gasteiger charge is -2.38. The van der Waals surface area contributed by atoms with Crippen molar-refractivity contribution >= 4 is 17.5 Å². The van der Waals surface area contributed by atoms with Crippen LogP contribution in [0.2, 0.25) is 0 Å². The van der Waals surface area contributed by atoms with E-state index in [0.29, 0.717) is 5.69 Å². The highest BCUT2D eigenvalue weighted by molar-refractivity contribution is 6.22. The van der Waals surface area contributed by atoms with Gasteiger partial charge in [-0.05, 0) is 48.9 Å². The summed E-state index contributed by atoms with van der Waals surface area (Å²) >= 11 is 0. The minimum absolute atomic E-state index is 0.120. The van der Waals surface area contributed by atoms with Gasteiger partial charge in [-0.2, -0.15) is 0 Å². The smallest absolute Gasteiger partial charge is 0.238 e. The summed E-state index contributed by atoms with van der Waals surface area (Å²) in [5.41, 5.74) is 0.482. The van der Waals surface area contributed by atoms with Gasteiger partial charge in [0.05, 0.1) is 17.5 Å². The Morgan fingerprint density at radius 1 is 0.900 bits per heavy atom. The fourth-order valence-corrected chi connectivity index (χ4v) is 3.92. The van der Waals surface area contributed by atoms with E-state index in [2.05, 4.69) is 12.2 Å². The van der Waals surface area contributed by atoms with Crippen molar-refractivity contribution in [2.75, 3.05) is 4.90 Å². The number of rotatable bonds is 1. The van der Waals surface area contributed by atoms with Crippen LogP contribution in [0.4, 0.5) is 10.1 Å². The van der Waals surface area contributed by atoms with Gasteiger partial charge in [-0.15, -0.1) is 0 Å². The van der Waals surface area contributed by atoms with E-state index in [1.165, 1.54) is 29.2 Å². The number of imide groups is 1. The predicted octanol–water partition coefficient (Wildman–Crippen LogP) is 2.53. The second-order valence-corrected chi connectivity index (χ2v) is 5.83. The topological polar surface area (TPSA) is 37.4 Å². The van der Waals surface area contributed by atoms with E-state index in [1.807, 2.05) is 0 Å². The highest BCUT2D eigenvalue weighted by Gasteiger charge is 2.56. The van der Waals surface area contributed by atoms with Crippen LogP contribution in [-0.2, 0) is 9.59 Å². The Morgan fingerprint density at radius 2 is 1.40 bits per heavy atom. The third kappa shape index (κ3) is 1.45. The Balaban J connectivity index is 1.75. The van der Waals surface area contributed by atoms with Crippen LogP contribution >= 0.6 is 0 Å². The molecule has 2 bridgehead atoms. The highest BCUT2D eigenvalue weighted by Crippen LogP contribution is 2.50. The van der Waals surface area contributed by atoms with Crippen molar-refractivity contribution in [1.82, 2.24) is 0 Å². The minimum Gasteiger partial charge on any atom is -0.274 e. The van der Waals surface area contributed by atoms with Crippen molar-refractivity contribution in [2.24, 2.45) is 23.7 Å². The van der Waals surface area contributed by atoms with Gasteiger partial charge < -0.3 is 0 Å². The lowest BCUT2D eigenvalue weighted by molar-refractivity contribution is -0.124. The largest absolute Gasteiger partial charge is 0.274 e. The first kappa shape index (κ1) is 11.8. The molecule has 0 aromatic heterocycles. The maximum absolute atomic E-state index is 13.0. The Kier molecular flexibility index (Phi) is 2.37. The maximum atomic E-state index is 13.0. The van der Waals surface area contributed by atoms with Crippen LogP contribution in [0.3, 0.4) is 0 Å². The van der Waals surface area contributed by atoms with E-state index in [1.54, 1.807) is 0 Å². The van der Waals surface area contributed by atoms with Gasteiger partial charge in [0, 0.05) is 0 Å². The fourth-order valence-electron chi connectivity index (χ4n) is 3.92. The monoisotopic (exact) mass is 271 g/mol. The van der Waals surface area contributed by atoms with E-state index in [9.17, 15) is 14.0 Å². The van der Waals surface area contributed by atoms with E-state index in [4.69, 9.17) is 0 Å². The van der Waals surface area contributed by atoms with Crippen LogP contribution in [0.15, 0.2) is 36.4 Å². The number of hydrogen-bond donors (Lipinski definition) is 0. The predicted molar refractivity (Wildman–Crippen MR) is 71.2 cm³/mol. The summed E-state index contributed by atoms with van der Waals surface area (Å²) in [6.07, 6.45) is 6.15. The molecule has 1 aliphatic heterocycles. The van der Waals surface area contributed by atoms with E-state index in [-0.39, 0.29) is 41.3 Å². The summed E-state index contributed by atoms with van der Waals surface area (Å²) in [6.45, 7) is 0. The average molecular weight is 271 g/mol. The highest BCUT2D eigenvalue weighted by atomic mass is 19.1. The molecule has 1 aromatic carbocycles. The molecule has 0 spiro atoms. The Bertz CT molecular complexity index is 590. The molecule has 102 valence electrons. The quantitative estimate of drug-likeness (QED) is 0.581. The number of carbonyl (C=O) groups is 2. The van der Waals surface area contributed by atoms with Gasteiger partial charge in [-0.3, -0.25) is 14.5 Å². The van der Waals surface area contributed by atoms with Crippen LogP contribution in [0.5, 0.6) is 0 Å². The molecule has 1 saturated heterocycles. The van der Waals surface area contributed by atoms with Crippen molar-refractivity contribution < 1.29 is 14.0 Å². The lowest BCUT2D eigenvalue weighted by atomic mass is 9.63. The molecule has 4 heteroatoms. The summed E-state index contributed by atoms with van der Waals surface area (Å²) in [6, 6.07) is 5.56. The fraction of sp³-hybridized carbons (Fsp3) is 0.375. The zero-order chi connectivity index (χ0) is 13.9. The molecule has 0 N–H and O–H groups in total. The van der Waals surface area contributed by atoms with Crippen LogP contribution < -0.4 is 4.90 Å². The molecule has 3 nitrogen and oxygen atoms in total. The van der Waals surface area contributed by atoms with Crippen LogP contribution in [0.1, 0.15) is 12.8 Å². The molecule has 1 saturated carbocycles. The van der Waals surface area contributed by atoms with E-state index >= 15 is 0 Å². The lowest BCUT2D eigenvalue weighted by Crippen LogP contribution is -2.38. The second-order valence-electron chi connectivity index (χ2n) is 5.83. The first-order valence-electron chi connectivity index (χ1n) is 6.98. The number of nitrogens with zero attached hydrogens (tertiary/aromatic N) is 1. The van der Waals surface area contributed by atoms with Crippen molar-refractivity contribution in [3.8, 4) is 0 Å². The molecular formula is C16H14FNO2. The normalized spacial score (nSPS) is 34.8. The molecule has 4 aliphatic rings. The van der Waals surface area contributed by atoms with Gasteiger partial charge in [0.25, 0.3) is 0 Å². The Labute approximate surface area is 116 Å². The number of amides is 2. The third-order valence-corrected chi connectivity index (χ3v) is 4.84. The molecule has 0 radical (unpaired) electrons. The first-order valence-corrected chi connectivity index (χ1v) is 6.98. The summed E-state index contributed by atoms with van der Waals surface area (Å²) in [7, 11) is 0. The van der Waals surface area contributed by atoms with Crippen molar-refractivity contribution in [3.05, 3.63) is 42.2 Å². The summed E-state index contributed by atoms with van der Waals surface area (Å²) < 4.78 is 13.0. The zero-order valence-corrected chi connectivity index (χ0v) is 10.8. The number of anilines is 1. The van der Waals surface area contributed by atoms with Gasteiger partial charge in [-0.25, -0.2) is 4.39 Å².